The van der Waals surface area contributed by atoms with Gasteiger partial charge in [-0.15, -0.1) is 0 Å². The molecule has 0 bridgehead atoms. The van der Waals surface area contributed by atoms with Crippen LogP contribution >= 0.6 is 0 Å². The highest BCUT2D eigenvalue weighted by atomic mass is 16.5. The highest BCUT2D eigenvalue weighted by Crippen LogP contribution is 2.24. The molecule has 0 radical (unpaired) electrons. The van der Waals surface area contributed by atoms with Crippen LogP contribution in [0.25, 0.3) is 0 Å². The molecule has 2 aromatic rings. The molecule has 0 aliphatic rings. The van der Waals surface area contributed by atoms with Gasteiger partial charge in [0.25, 0.3) is 0 Å². The summed E-state index contributed by atoms with van der Waals surface area (Å²) in [4.78, 5) is 21.9. The van der Waals surface area contributed by atoms with Crippen molar-refractivity contribution in [2.75, 3.05) is 0 Å². The molecule has 0 aromatic heterocycles. The Labute approximate surface area is 98.7 Å². The number of hydrogen-bond acceptors (Lipinski definition) is 3. The van der Waals surface area contributed by atoms with E-state index in [-0.39, 0.29) is 11.8 Å². The Morgan fingerprint density at radius 1 is 0.941 bits per heavy atom. The maximum atomic E-state index is 11.4. The quantitative estimate of drug-likeness (QED) is 0.457. The molecular weight excluding hydrogens is 216 g/mol. The fraction of sp³-hybridized carbons (Fsp3) is 0. The standard InChI is InChI=1S/C14H10O3/c15-10-13(16)12-8-4-5-9-14(12)17-11-6-2-1-3-7-11/h1-10H. The normalized spacial score (nSPS) is 9.65. The zero-order chi connectivity index (χ0) is 12.1. The van der Waals surface area contributed by atoms with Crippen molar-refractivity contribution in [2.45, 2.75) is 0 Å². The molecule has 0 amide bonds. The van der Waals surface area contributed by atoms with E-state index in [0.717, 1.165) is 0 Å². The van der Waals surface area contributed by atoms with E-state index in [2.05, 4.69) is 0 Å². The maximum absolute atomic E-state index is 11.4. The van der Waals surface area contributed by atoms with Crippen molar-refractivity contribution in [3.63, 3.8) is 0 Å². The largest absolute Gasteiger partial charge is 0.457 e. The van der Waals surface area contributed by atoms with Crippen LogP contribution in [0.5, 0.6) is 11.5 Å². The third-order valence-electron chi connectivity index (χ3n) is 2.23. The molecule has 0 spiro atoms. The lowest BCUT2D eigenvalue weighted by molar-refractivity contribution is -0.104. The summed E-state index contributed by atoms with van der Waals surface area (Å²) in [5, 5.41) is 0. The van der Waals surface area contributed by atoms with Gasteiger partial charge in [-0.3, -0.25) is 9.59 Å². The lowest BCUT2D eigenvalue weighted by atomic mass is 10.1. The van der Waals surface area contributed by atoms with Crippen LogP contribution in [-0.4, -0.2) is 12.1 Å². The second-order valence-corrected chi connectivity index (χ2v) is 3.39. The van der Waals surface area contributed by atoms with Crippen molar-refractivity contribution in [3.05, 3.63) is 60.2 Å². The number of hydrogen-bond donors (Lipinski definition) is 0. The van der Waals surface area contributed by atoms with E-state index >= 15 is 0 Å². The summed E-state index contributed by atoms with van der Waals surface area (Å²) in [6.45, 7) is 0. The van der Waals surface area contributed by atoms with Crippen LogP contribution in [0.4, 0.5) is 0 Å². The molecule has 0 aliphatic heterocycles. The number of ether oxygens (including phenoxy) is 1. The van der Waals surface area contributed by atoms with Gasteiger partial charge >= 0.3 is 0 Å². The SMILES string of the molecule is O=CC(=O)c1ccccc1Oc1ccccc1. The summed E-state index contributed by atoms with van der Waals surface area (Å²) in [6, 6.07) is 15.8. The lowest BCUT2D eigenvalue weighted by Gasteiger charge is -2.08. The monoisotopic (exact) mass is 226 g/mol. The number of Topliss-reactive ketones (excluding diaryl/α,β-unsaturated/α-hetero) is 1. The number of para-hydroxylation sites is 2. The van der Waals surface area contributed by atoms with Gasteiger partial charge in [-0.1, -0.05) is 30.3 Å². The Morgan fingerprint density at radius 3 is 2.29 bits per heavy atom. The minimum atomic E-state index is -0.587. The number of carbonyl (C=O) groups excluding carboxylic acids is 2. The number of ketones is 1. The van der Waals surface area contributed by atoms with Gasteiger partial charge in [0.05, 0.1) is 5.56 Å². The number of benzene rings is 2. The summed E-state index contributed by atoms with van der Waals surface area (Å²) in [5.41, 5.74) is 0.270. The first kappa shape index (κ1) is 11.1. The fourth-order valence-electron chi connectivity index (χ4n) is 1.44. The minimum absolute atomic E-state index is 0.270. The average molecular weight is 226 g/mol. The van der Waals surface area contributed by atoms with E-state index in [4.69, 9.17) is 4.74 Å². The van der Waals surface area contributed by atoms with Crippen molar-refractivity contribution in [2.24, 2.45) is 0 Å². The fourth-order valence-corrected chi connectivity index (χ4v) is 1.44. The summed E-state index contributed by atoms with van der Waals surface area (Å²) >= 11 is 0. The molecule has 3 nitrogen and oxygen atoms in total. The molecule has 0 heterocycles. The Hall–Kier alpha value is -2.42. The van der Waals surface area contributed by atoms with Gasteiger partial charge in [0.15, 0.2) is 6.29 Å². The predicted molar refractivity (Wildman–Crippen MR) is 63.4 cm³/mol. The van der Waals surface area contributed by atoms with Crippen LogP contribution in [0.1, 0.15) is 10.4 Å². The molecule has 0 saturated carbocycles. The number of aldehydes is 1. The first-order valence-corrected chi connectivity index (χ1v) is 5.12. The summed E-state index contributed by atoms with van der Waals surface area (Å²) in [5.74, 6) is 0.422. The second-order valence-electron chi connectivity index (χ2n) is 3.39. The molecule has 2 aromatic carbocycles. The number of carbonyl (C=O) groups is 2. The smallest absolute Gasteiger partial charge is 0.229 e. The first-order chi connectivity index (χ1) is 8.31. The van der Waals surface area contributed by atoms with Gasteiger partial charge in [0.2, 0.25) is 5.78 Å². The third-order valence-corrected chi connectivity index (χ3v) is 2.23. The van der Waals surface area contributed by atoms with Gasteiger partial charge in [-0.2, -0.15) is 0 Å². The van der Waals surface area contributed by atoms with Crippen LogP contribution in [-0.2, 0) is 4.79 Å². The predicted octanol–water partition coefficient (Wildman–Crippen LogP) is 2.86. The van der Waals surface area contributed by atoms with Crippen LogP contribution in [0.2, 0.25) is 0 Å². The topological polar surface area (TPSA) is 43.4 Å². The van der Waals surface area contributed by atoms with Crippen molar-refractivity contribution >= 4 is 12.1 Å². The zero-order valence-electron chi connectivity index (χ0n) is 9.00. The highest BCUT2D eigenvalue weighted by Gasteiger charge is 2.11. The van der Waals surface area contributed by atoms with E-state index < -0.39 is 5.78 Å². The van der Waals surface area contributed by atoms with Crippen molar-refractivity contribution < 1.29 is 14.3 Å². The second kappa shape index (κ2) is 5.07. The molecular formula is C14H10O3. The van der Waals surface area contributed by atoms with E-state index in [1.807, 2.05) is 18.2 Å². The first-order valence-electron chi connectivity index (χ1n) is 5.12. The van der Waals surface area contributed by atoms with Gasteiger partial charge in [-0.25, -0.2) is 0 Å². The van der Waals surface area contributed by atoms with Gasteiger partial charge in [0, 0.05) is 0 Å². The molecule has 0 aliphatic carbocycles. The molecule has 3 heteroatoms. The van der Waals surface area contributed by atoms with E-state index in [9.17, 15) is 9.59 Å². The van der Waals surface area contributed by atoms with Crippen molar-refractivity contribution in [3.8, 4) is 11.5 Å². The Balaban J connectivity index is 2.33. The minimum Gasteiger partial charge on any atom is -0.457 e. The molecule has 0 unspecified atom stereocenters. The molecule has 0 atom stereocenters. The van der Waals surface area contributed by atoms with Gasteiger partial charge in [-0.05, 0) is 24.3 Å². The zero-order valence-corrected chi connectivity index (χ0v) is 9.00. The van der Waals surface area contributed by atoms with E-state index in [0.29, 0.717) is 11.5 Å². The van der Waals surface area contributed by atoms with Crippen LogP contribution < -0.4 is 4.74 Å². The van der Waals surface area contributed by atoms with Crippen molar-refractivity contribution in [1.82, 2.24) is 0 Å². The van der Waals surface area contributed by atoms with Gasteiger partial charge in [0.1, 0.15) is 11.5 Å². The van der Waals surface area contributed by atoms with E-state index in [1.54, 1.807) is 36.4 Å². The molecule has 0 saturated heterocycles. The molecule has 2 rings (SSSR count). The summed E-state index contributed by atoms with van der Waals surface area (Å²) in [7, 11) is 0. The Bertz CT molecular complexity index is 532. The van der Waals surface area contributed by atoms with Crippen LogP contribution in [0.15, 0.2) is 54.6 Å². The Morgan fingerprint density at radius 2 is 1.59 bits per heavy atom. The molecule has 0 fully saturated rings. The van der Waals surface area contributed by atoms with Crippen LogP contribution in [0, 0.1) is 0 Å². The third kappa shape index (κ3) is 2.58. The van der Waals surface area contributed by atoms with Gasteiger partial charge < -0.3 is 4.74 Å². The number of rotatable bonds is 4. The van der Waals surface area contributed by atoms with E-state index in [1.165, 1.54) is 0 Å². The molecule has 17 heavy (non-hydrogen) atoms. The van der Waals surface area contributed by atoms with Crippen LogP contribution in [0.3, 0.4) is 0 Å². The highest BCUT2D eigenvalue weighted by molar-refractivity contribution is 6.34. The van der Waals surface area contributed by atoms with Crippen molar-refractivity contribution in [1.29, 1.82) is 0 Å². The summed E-state index contributed by atoms with van der Waals surface area (Å²) < 4.78 is 5.55. The summed E-state index contributed by atoms with van der Waals surface area (Å²) in [6.07, 6.45) is 0.285. The average Bonchev–Trinajstić information content (AvgIpc) is 2.40. The lowest BCUT2D eigenvalue weighted by Crippen LogP contribution is -2.02. The molecule has 84 valence electrons. The Kier molecular flexibility index (Phi) is 3.31. The molecule has 0 N–H and O–H groups in total. The maximum Gasteiger partial charge on any atom is 0.229 e.